The lowest BCUT2D eigenvalue weighted by Crippen LogP contribution is -2.24. The third-order valence-corrected chi connectivity index (χ3v) is 5.09. The van der Waals surface area contributed by atoms with Crippen molar-refractivity contribution in [2.24, 2.45) is 5.41 Å². The molecule has 0 saturated heterocycles. The van der Waals surface area contributed by atoms with Crippen molar-refractivity contribution in [3.63, 3.8) is 0 Å². The number of halogens is 3. The summed E-state index contributed by atoms with van der Waals surface area (Å²) in [7, 11) is 0. The Morgan fingerprint density at radius 3 is 2.75 bits per heavy atom. The van der Waals surface area contributed by atoms with E-state index in [-0.39, 0.29) is 16.1 Å². The zero-order chi connectivity index (χ0) is 20.5. The fraction of sp³-hybridized carbons (Fsp3) is 0.333. The smallest absolute Gasteiger partial charge is 0.433 e. The van der Waals surface area contributed by atoms with E-state index in [1.165, 1.54) is 0 Å². The number of nitrogens with zero attached hydrogens (tertiary/aromatic N) is 3. The topological polar surface area (TPSA) is 97.8 Å². The second-order valence-electron chi connectivity index (χ2n) is 6.79. The van der Waals surface area contributed by atoms with Crippen molar-refractivity contribution >= 4 is 32.4 Å². The maximum Gasteiger partial charge on any atom is 0.433 e. The highest BCUT2D eigenvalue weighted by Gasteiger charge is 2.33. The first kappa shape index (κ1) is 20.0. The summed E-state index contributed by atoms with van der Waals surface area (Å²) in [6.07, 6.45) is -0.737. The minimum absolute atomic E-state index is 0.139. The van der Waals surface area contributed by atoms with Gasteiger partial charge in [-0.15, -0.1) is 0 Å². The van der Waals surface area contributed by atoms with E-state index in [0.29, 0.717) is 22.7 Å². The molecule has 3 aromatic rings. The first-order chi connectivity index (χ1) is 13.1. The molecule has 3 N–H and O–H groups in total. The van der Waals surface area contributed by atoms with Crippen LogP contribution in [0.25, 0.3) is 10.2 Å². The Morgan fingerprint density at radius 2 is 2.04 bits per heavy atom. The third-order valence-electron chi connectivity index (χ3n) is 4.25. The molecule has 28 heavy (non-hydrogen) atoms. The first-order valence-electron chi connectivity index (χ1n) is 8.34. The molecule has 0 atom stereocenters. The van der Waals surface area contributed by atoms with Crippen molar-refractivity contribution in [1.29, 1.82) is 5.41 Å². The van der Waals surface area contributed by atoms with E-state index < -0.39 is 11.9 Å². The molecule has 0 fully saturated rings. The Balaban J connectivity index is 0.000000161. The van der Waals surface area contributed by atoms with Crippen molar-refractivity contribution in [3.8, 4) is 5.75 Å². The number of aromatic nitrogens is 3. The normalized spacial score (nSPS) is 15.8. The number of rotatable bonds is 0. The molecule has 0 radical (unpaired) electrons. The summed E-state index contributed by atoms with van der Waals surface area (Å²) in [6, 6.07) is 4.60. The van der Waals surface area contributed by atoms with Gasteiger partial charge >= 0.3 is 6.18 Å². The number of hydrogen-bond donors (Lipinski definition) is 2. The van der Waals surface area contributed by atoms with Gasteiger partial charge in [0.15, 0.2) is 5.13 Å². The maximum atomic E-state index is 12.2. The van der Waals surface area contributed by atoms with Crippen molar-refractivity contribution in [2.75, 3.05) is 12.3 Å². The zero-order valence-corrected chi connectivity index (χ0v) is 16.0. The van der Waals surface area contributed by atoms with Gasteiger partial charge in [-0.1, -0.05) is 25.2 Å². The predicted octanol–water partition coefficient (Wildman–Crippen LogP) is 4.55. The average molecular weight is 409 g/mol. The van der Waals surface area contributed by atoms with Crippen molar-refractivity contribution in [3.05, 3.63) is 42.0 Å². The van der Waals surface area contributed by atoms with Gasteiger partial charge in [0.2, 0.25) is 0 Å². The van der Waals surface area contributed by atoms with Gasteiger partial charge in [0.05, 0.1) is 22.5 Å². The summed E-state index contributed by atoms with van der Waals surface area (Å²) in [5, 5.41) is 8.31. The third kappa shape index (κ3) is 4.22. The highest BCUT2D eigenvalue weighted by Crippen LogP contribution is 2.33. The Morgan fingerprint density at radius 1 is 1.29 bits per heavy atom. The Kier molecular flexibility index (Phi) is 5.24. The predicted molar refractivity (Wildman–Crippen MR) is 102 cm³/mol. The number of pyridine rings is 2. The molecule has 1 aliphatic rings. The van der Waals surface area contributed by atoms with Crippen molar-refractivity contribution in [2.45, 2.75) is 26.4 Å². The van der Waals surface area contributed by atoms with E-state index in [1.807, 2.05) is 12.1 Å². The molecule has 0 unspecified atom stereocenters. The van der Waals surface area contributed by atoms with Crippen LogP contribution >= 0.6 is 11.3 Å². The highest BCUT2D eigenvalue weighted by molar-refractivity contribution is 7.22. The molecule has 3 aromatic heterocycles. The van der Waals surface area contributed by atoms with Gasteiger partial charge < -0.3 is 15.9 Å². The van der Waals surface area contributed by atoms with Gasteiger partial charge in [0.1, 0.15) is 17.1 Å². The van der Waals surface area contributed by atoms with Crippen LogP contribution in [0.3, 0.4) is 0 Å². The molecule has 0 amide bonds. The number of alkyl halides is 3. The second kappa shape index (κ2) is 7.34. The van der Waals surface area contributed by atoms with E-state index in [2.05, 4.69) is 28.8 Å². The lowest BCUT2D eigenvalue weighted by atomic mass is 9.83. The van der Waals surface area contributed by atoms with Crippen LogP contribution in [-0.2, 0) is 6.18 Å². The Hall–Kier alpha value is -2.75. The number of anilines is 1. The SMILES string of the molecule is CC1(C)CCOc2cccnc2C1=N.Nc1nc2cc(C(F)(F)F)ncc2s1. The minimum Gasteiger partial charge on any atom is -0.491 e. The van der Waals surface area contributed by atoms with Gasteiger partial charge in [0, 0.05) is 17.8 Å². The molecule has 0 spiro atoms. The second-order valence-corrected chi connectivity index (χ2v) is 7.86. The monoisotopic (exact) mass is 409 g/mol. The van der Waals surface area contributed by atoms with Gasteiger partial charge in [-0.3, -0.25) is 9.97 Å². The van der Waals surface area contributed by atoms with Crippen LogP contribution in [0, 0.1) is 10.8 Å². The summed E-state index contributed by atoms with van der Waals surface area (Å²) in [4.78, 5) is 11.2. The van der Waals surface area contributed by atoms with E-state index in [9.17, 15) is 13.2 Å². The van der Waals surface area contributed by atoms with E-state index in [1.54, 1.807) is 6.20 Å². The van der Waals surface area contributed by atoms with Crippen LogP contribution in [0.1, 0.15) is 31.7 Å². The molecular formula is C18H18F3N5OS. The molecule has 0 aliphatic carbocycles. The lowest BCUT2D eigenvalue weighted by molar-refractivity contribution is -0.141. The fourth-order valence-electron chi connectivity index (χ4n) is 2.56. The molecular weight excluding hydrogens is 391 g/mol. The average Bonchev–Trinajstić information content (AvgIpc) is 2.95. The number of thiazole rings is 1. The number of nitrogens with one attached hydrogen (secondary N) is 1. The van der Waals surface area contributed by atoms with Crippen LogP contribution < -0.4 is 10.5 Å². The summed E-state index contributed by atoms with van der Waals surface area (Å²) in [6.45, 7) is 4.78. The summed E-state index contributed by atoms with van der Waals surface area (Å²) < 4.78 is 42.7. The van der Waals surface area contributed by atoms with Gasteiger partial charge in [-0.05, 0) is 24.6 Å². The molecule has 0 saturated carbocycles. The van der Waals surface area contributed by atoms with Crippen LogP contribution in [0.4, 0.5) is 18.3 Å². The van der Waals surface area contributed by atoms with Gasteiger partial charge in [-0.25, -0.2) is 4.98 Å². The van der Waals surface area contributed by atoms with E-state index in [0.717, 1.165) is 35.8 Å². The first-order valence-corrected chi connectivity index (χ1v) is 9.16. The molecule has 4 rings (SSSR count). The quantitative estimate of drug-likeness (QED) is 0.568. The van der Waals surface area contributed by atoms with Gasteiger partial charge in [-0.2, -0.15) is 13.2 Å². The number of hydrogen-bond acceptors (Lipinski definition) is 7. The zero-order valence-electron chi connectivity index (χ0n) is 15.2. The summed E-state index contributed by atoms with van der Waals surface area (Å²) in [5.41, 5.74) is 5.76. The highest BCUT2D eigenvalue weighted by atomic mass is 32.1. The number of nitrogen functional groups attached to an aromatic ring is 1. The molecule has 148 valence electrons. The van der Waals surface area contributed by atoms with Crippen molar-refractivity contribution < 1.29 is 17.9 Å². The van der Waals surface area contributed by atoms with E-state index in [4.69, 9.17) is 15.9 Å². The summed E-state index contributed by atoms with van der Waals surface area (Å²) in [5.74, 6) is 0.739. The largest absolute Gasteiger partial charge is 0.491 e. The van der Waals surface area contributed by atoms with Crippen LogP contribution in [0.15, 0.2) is 30.6 Å². The van der Waals surface area contributed by atoms with Crippen molar-refractivity contribution in [1.82, 2.24) is 15.0 Å². The number of fused-ring (bicyclic) bond motifs is 2. The molecule has 10 heteroatoms. The molecule has 1 aliphatic heterocycles. The van der Waals surface area contributed by atoms with Crippen LogP contribution in [-0.4, -0.2) is 27.3 Å². The Labute approximate surface area is 163 Å². The molecule has 6 nitrogen and oxygen atoms in total. The molecule has 4 heterocycles. The van der Waals surface area contributed by atoms with Crippen LogP contribution in [0.5, 0.6) is 5.75 Å². The summed E-state index contributed by atoms with van der Waals surface area (Å²) >= 11 is 1.11. The molecule has 0 bridgehead atoms. The maximum absolute atomic E-state index is 12.2. The van der Waals surface area contributed by atoms with E-state index >= 15 is 0 Å². The minimum atomic E-state index is -4.44. The van der Waals surface area contributed by atoms with Crippen LogP contribution in [0.2, 0.25) is 0 Å². The molecule has 0 aromatic carbocycles. The number of ether oxygens (including phenoxy) is 1. The standard InChI is InChI=1S/C11H14N2O.C7H4F3N3S/c1-11(2)5-7-14-8-4-3-6-13-9(8)10(11)12;8-7(9,10)5-1-3-4(2-12-5)14-6(11)13-3/h3-4,6,12H,5,7H2,1-2H3;1-2H,(H2,11,13). The Bertz CT molecular complexity index is 1020. The van der Waals surface area contributed by atoms with Gasteiger partial charge in [0.25, 0.3) is 0 Å². The number of nitrogens with two attached hydrogens (primary N) is 1. The fourth-order valence-corrected chi connectivity index (χ4v) is 3.25. The lowest BCUT2D eigenvalue weighted by Gasteiger charge is -2.21.